The Kier molecular flexibility index (Phi) is 5.06. The Balaban J connectivity index is 2.62. The van der Waals surface area contributed by atoms with E-state index in [1.807, 2.05) is 13.1 Å². The van der Waals surface area contributed by atoms with Gasteiger partial charge in [0.15, 0.2) is 0 Å². The SMILES string of the molecule is CNC(Cc1ccncc1Cl)CC(C)C. The summed E-state index contributed by atoms with van der Waals surface area (Å²) in [4.78, 5) is 3.99. The number of rotatable bonds is 5. The molecule has 1 atom stereocenters. The maximum Gasteiger partial charge on any atom is 0.0621 e. The van der Waals surface area contributed by atoms with Crippen LogP contribution in [0, 0.1) is 5.92 Å². The molecule has 0 saturated carbocycles. The highest BCUT2D eigenvalue weighted by Gasteiger charge is 2.11. The van der Waals surface area contributed by atoms with Gasteiger partial charge in [0.1, 0.15) is 0 Å². The molecule has 3 heteroatoms. The van der Waals surface area contributed by atoms with Crippen molar-refractivity contribution in [3.05, 3.63) is 29.0 Å². The van der Waals surface area contributed by atoms with Gasteiger partial charge in [-0.3, -0.25) is 4.98 Å². The van der Waals surface area contributed by atoms with E-state index in [1.54, 1.807) is 12.4 Å². The van der Waals surface area contributed by atoms with E-state index < -0.39 is 0 Å². The standard InChI is InChI=1S/C12H19ClN2/c1-9(2)6-11(14-3)7-10-4-5-15-8-12(10)13/h4-5,8-9,11,14H,6-7H2,1-3H3. The average molecular weight is 227 g/mol. The molecule has 15 heavy (non-hydrogen) atoms. The van der Waals surface area contributed by atoms with Gasteiger partial charge < -0.3 is 5.32 Å². The normalized spacial score (nSPS) is 13.1. The number of pyridine rings is 1. The topological polar surface area (TPSA) is 24.9 Å². The van der Waals surface area contributed by atoms with Gasteiger partial charge in [-0.1, -0.05) is 25.4 Å². The summed E-state index contributed by atoms with van der Waals surface area (Å²) >= 11 is 6.07. The smallest absolute Gasteiger partial charge is 0.0621 e. The number of halogens is 1. The van der Waals surface area contributed by atoms with Crippen molar-refractivity contribution in [1.82, 2.24) is 10.3 Å². The van der Waals surface area contributed by atoms with E-state index in [0.717, 1.165) is 17.9 Å². The summed E-state index contributed by atoms with van der Waals surface area (Å²) in [6, 6.07) is 2.48. The lowest BCUT2D eigenvalue weighted by molar-refractivity contribution is 0.441. The lowest BCUT2D eigenvalue weighted by Gasteiger charge is -2.18. The molecule has 0 aromatic carbocycles. The summed E-state index contributed by atoms with van der Waals surface area (Å²) in [6.07, 6.45) is 5.63. The first-order valence-corrected chi connectivity index (χ1v) is 5.77. The molecule has 0 saturated heterocycles. The Labute approximate surface area is 97.1 Å². The van der Waals surface area contributed by atoms with Crippen LogP contribution in [-0.4, -0.2) is 18.1 Å². The number of likely N-dealkylation sites (N-methyl/N-ethyl adjacent to an activating group) is 1. The van der Waals surface area contributed by atoms with Crippen molar-refractivity contribution in [2.45, 2.75) is 32.7 Å². The van der Waals surface area contributed by atoms with Crippen molar-refractivity contribution >= 4 is 11.6 Å². The van der Waals surface area contributed by atoms with Crippen LogP contribution < -0.4 is 5.32 Å². The number of nitrogens with zero attached hydrogens (tertiary/aromatic N) is 1. The summed E-state index contributed by atoms with van der Waals surface area (Å²) in [5.74, 6) is 0.697. The molecule has 0 radical (unpaired) electrons. The molecule has 0 bridgehead atoms. The zero-order valence-electron chi connectivity index (χ0n) is 9.63. The van der Waals surface area contributed by atoms with E-state index in [1.165, 1.54) is 5.56 Å². The van der Waals surface area contributed by atoms with Gasteiger partial charge in [-0.05, 0) is 37.4 Å². The predicted molar refractivity (Wildman–Crippen MR) is 65.3 cm³/mol. The Bertz CT molecular complexity index is 299. The lowest BCUT2D eigenvalue weighted by Crippen LogP contribution is -2.29. The van der Waals surface area contributed by atoms with Gasteiger partial charge in [-0.25, -0.2) is 0 Å². The summed E-state index contributed by atoms with van der Waals surface area (Å²) in [6.45, 7) is 4.47. The van der Waals surface area contributed by atoms with Crippen LogP contribution in [0.3, 0.4) is 0 Å². The van der Waals surface area contributed by atoms with Crippen LogP contribution in [0.4, 0.5) is 0 Å². The molecule has 0 aliphatic carbocycles. The minimum absolute atomic E-state index is 0.491. The average Bonchev–Trinajstić information content (AvgIpc) is 2.19. The molecule has 0 amide bonds. The molecule has 1 heterocycles. The Morgan fingerprint density at radius 1 is 1.47 bits per heavy atom. The molecule has 1 rings (SSSR count). The van der Waals surface area contributed by atoms with Crippen molar-refractivity contribution in [3.63, 3.8) is 0 Å². The zero-order chi connectivity index (χ0) is 11.3. The third-order valence-corrected chi connectivity index (χ3v) is 2.83. The Hall–Kier alpha value is -0.600. The molecule has 1 unspecified atom stereocenters. The highest BCUT2D eigenvalue weighted by molar-refractivity contribution is 6.31. The molecule has 1 N–H and O–H groups in total. The van der Waals surface area contributed by atoms with Crippen molar-refractivity contribution in [1.29, 1.82) is 0 Å². The third-order valence-electron chi connectivity index (χ3n) is 2.49. The van der Waals surface area contributed by atoms with Crippen molar-refractivity contribution in [2.24, 2.45) is 5.92 Å². The van der Waals surface area contributed by atoms with Crippen LogP contribution in [0.2, 0.25) is 5.02 Å². The van der Waals surface area contributed by atoms with Gasteiger partial charge >= 0.3 is 0 Å². The van der Waals surface area contributed by atoms with E-state index in [2.05, 4.69) is 24.1 Å². The van der Waals surface area contributed by atoms with E-state index >= 15 is 0 Å². The Morgan fingerprint density at radius 2 is 2.20 bits per heavy atom. The summed E-state index contributed by atoms with van der Waals surface area (Å²) in [5, 5.41) is 4.10. The van der Waals surface area contributed by atoms with Gasteiger partial charge in [-0.15, -0.1) is 0 Å². The van der Waals surface area contributed by atoms with Crippen molar-refractivity contribution in [2.75, 3.05) is 7.05 Å². The first-order chi connectivity index (χ1) is 7.13. The van der Waals surface area contributed by atoms with Gasteiger partial charge in [0.05, 0.1) is 5.02 Å². The summed E-state index contributed by atoms with van der Waals surface area (Å²) < 4.78 is 0. The van der Waals surface area contributed by atoms with Crippen LogP contribution in [0.25, 0.3) is 0 Å². The molecule has 0 spiro atoms. The Morgan fingerprint density at radius 3 is 2.73 bits per heavy atom. The molecule has 1 aromatic heterocycles. The quantitative estimate of drug-likeness (QED) is 0.835. The molecule has 0 aliphatic rings. The van der Waals surface area contributed by atoms with Gasteiger partial charge in [-0.2, -0.15) is 0 Å². The lowest BCUT2D eigenvalue weighted by atomic mass is 9.98. The molecular weight excluding hydrogens is 208 g/mol. The van der Waals surface area contributed by atoms with E-state index in [-0.39, 0.29) is 0 Å². The van der Waals surface area contributed by atoms with Crippen molar-refractivity contribution < 1.29 is 0 Å². The minimum atomic E-state index is 0.491. The van der Waals surface area contributed by atoms with Crippen molar-refractivity contribution in [3.8, 4) is 0 Å². The molecule has 2 nitrogen and oxygen atoms in total. The second-order valence-electron chi connectivity index (χ2n) is 4.29. The number of aromatic nitrogens is 1. The van der Waals surface area contributed by atoms with Gasteiger partial charge in [0.25, 0.3) is 0 Å². The van der Waals surface area contributed by atoms with E-state index in [9.17, 15) is 0 Å². The molecule has 0 fully saturated rings. The van der Waals surface area contributed by atoms with Gasteiger partial charge in [0.2, 0.25) is 0 Å². The van der Waals surface area contributed by atoms with Crippen LogP contribution in [-0.2, 0) is 6.42 Å². The molecule has 1 aromatic rings. The first kappa shape index (κ1) is 12.5. The fraction of sp³-hybridized carbons (Fsp3) is 0.583. The highest BCUT2D eigenvalue weighted by atomic mass is 35.5. The maximum atomic E-state index is 6.07. The van der Waals surface area contributed by atoms with E-state index in [4.69, 9.17) is 11.6 Å². The summed E-state index contributed by atoms with van der Waals surface area (Å²) in [5.41, 5.74) is 1.17. The fourth-order valence-electron chi connectivity index (χ4n) is 1.71. The summed E-state index contributed by atoms with van der Waals surface area (Å²) in [7, 11) is 2.00. The molecule has 0 aliphatic heterocycles. The second kappa shape index (κ2) is 6.09. The largest absolute Gasteiger partial charge is 0.317 e. The fourth-order valence-corrected chi connectivity index (χ4v) is 1.90. The second-order valence-corrected chi connectivity index (χ2v) is 4.69. The van der Waals surface area contributed by atoms with Crippen LogP contribution in [0.5, 0.6) is 0 Å². The maximum absolute atomic E-state index is 6.07. The van der Waals surface area contributed by atoms with Crippen LogP contribution in [0.15, 0.2) is 18.5 Å². The highest BCUT2D eigenvalue weighted by Crippen LogP contribution is 2.17. The van der Waals surface area contributed by atoms with Crippen LogP contribution >= 0.6 is 11.6 Å². The predicted octanol–water partition coefficient (Wildman–Crippen LogP) is 2.91. The number of nitrogens with one attached hydrogen (secondary N) is 1. The number of hydrogen-bond donors (Lipinski definition) is 1. The number of hydrogen-bond acceptors (Lipinski definition) is 2. The van der Waals surface area contributed by atoms with Gasteiger partial charge in [0, 0.05) is 18.4 Å². The van der Waals surface area contributed by atoms with Crippen LogP contribution in [0.1, 0.15) is 25.8 Å². The third kappa shape index (κ3) is 4.18. The molecule has 84 valence electrons. The first-order valence-electron chi connectivity index (χ1n) is 5.39. The minimum Gasteiger partial charge on any atom is -0.317 e. The zero-order valence-corrected chi connectivity index (χ0v) is 10.4. The monoisotopic (exact) mass is 226 g/mol. The van der Waals surface area contributed by atoms with E-state index in [0.29, 0.717) is 12.0 Å². The molecular formula is C12H19ClN2.